The lowest BCUT2D eigenvalue weighted by atomic mass is 10.0. The third-order valence-electron chi connectivity index (χ3n) is 3.72. The van der Waals surface area contributed by atoms with Gasteiger partial charge in [-0.1, -0.05) is 57.8 Å². The molecule has 4 nitrogen and oxygen atoms in total. The number of hydrogen-bond acceptors (Lipinski definition) is 3. The Bertz CT molecular complexity index is 321. The van der Waals surface area contributed by atoms with Crippen LogP contribution in [0, 0.1) is 0 Å². The van der Waals surface area contributed by atoms with Gasteiger partial charge >= 0.3 is 5.97 Å². The molecule has 0 aliphatic heterocycles. The first-order valence-corrected chi connectivity index (χ1v) is 9.31. The minimum absolute atomic E-state index is 0.0752. The summed E-state index contributed by atoms with van der Waals surface area (Å²) in [6.07, 6.45) is 14.0. The van der Waals surface area contributed by atoms with Crippen molar-refractivity contribution >= 4 is 11.9 Å². The summed E-state index contributed by atoms with van der Waals surface area (Å²) in [5.74, 6) is -0.259. The summed E-state index contributed by atoms with van der Waals surface area (Å²) in [5.41, 5.74) is 4.74. The smallest absolute Gasteiger partial charge is 0.306 e. The Labute approximate surface area is 142 Å². The number of ether oxygens (including phenoxy) is 1. The quantitative estimate of drug-likeness (QED) is 0.365. The van der Waals surface area contributed by atoms with Crippen molar-refractivity contribution in [3.05, 3.63) is 0 Å². The fraction of sp³-hybridized carbons (Fsp3) is 0.895. The van der Waals surface area contributed by atoms with Gasteiger partial charge in [0.2, 0.25) is 5.91 Å². The summed E-state index contributed by atoms with van der Waals surface area (Å²) >= 11 is 0. The van der Waals surface area contributed by atoms with E-state index in [-0.39, 0.29) is 17.5 Å². The zero-order chi connectivity index (χ0) is 17.6. The average molecular weight is 328 g/mol. The molecule has 0 heterocycles. The average Bonchev–Trinajstić information content (AvgIpc) is 2.41. The zero-order valence-electron chi connectivity index (χ0n) is 15.5. The molecule has 4 heteroatoms. The van der Waals surface area contributed by atoms with Gasteiger partial charge in [0.05, 0.1) is 0 Å². The molecule has 0 aliphatic carbocycles. The highest BCUT2D eigenvalue weighted by atomic mass is 16.6. The lowest BCUT2D eigenvalue weighted by Crippen LogP contribution is -2.23. The third kappa shape index (κ3) is 18.9. The molecular weight excluding hydrogens is 290 g/mol. The largest absolute Gasteiger partial charge is 0.460 e. The molecule has 0 aromatic heterocycles. The molecule has 0 atom stereocenters. The Morgan fingerprint density at radius 2 is 1.04 bits per heavy atom. The van der Waals surface area contributed by atoms with E-state index in [2.05, 4.69) is 0 Å². The molecule has 1 amide bonds. The molecule has 0 aromatic rings. The highest BCUT2D eigenvalue weighted by molar-refractivity contribution is 5.73. The zero-order valence-corrected chi connectivity index (χ0v) is 15.5. The van der Waals surface area contributed by atoms with E-state index in [1.54, 1.807) is 0 Å². The van der Waals surface area contributed by atoms with Gasteiger partial charge in [-0.25, -0.2) is 0 Å². The second-order valence-electron chi connectivity index (χ2n) is 7.44. The lowest BCUT2D eigenvalue weighted by Gasteiger charge is -2.19. The minimum Gasteiger partial charge on any atom is -0.460 e. The van der Waals surface area contributed by atoms with Crippen LogP contribution in [0.15, 0.2) is 0 Å². The van der Waals surface area contributed by atoms with E-state index in [0.717, 1.165) is 25.7 Å². The number of esters is 1. The summed E-state index contributed by atoms with van der Waals surface area (Å²) < 4.78 is 5.29. The molecule has 0 saturated heterocycles. The highest BCUT2D eigenvalue weighted by Gasteiger charge is 2.15. The van der Waals surface area contributed by atoms with Crippen LogP contribution < -0.4 is 5.73 Å². The molecule has 23 heavy (non-hydrogen) atoms. The number of unbranched alkanes of at least 4 members (excludes halogenated alkanes) is 10. The Hall–Kier alpha value is -1.06. The summed E-state index contributed by atoms with van der Waals surface area (Å²) in [4.78, 5) is 22.1. The Morgan fingerprint density at radius 3 is 1.39 bits per heavy atom. The van der Waals surface area contributed by atoms with Crippen LogP contribution in [0.25, 0.3) is 0 Å². The van der Waals surface area contributed by atoms with E-state index in [1.807, 2.05) is 20.8 Å². The lowest BCUT2D eigenvalue weighted by molar-refractivity contribution is -0.154. The van der Waals surface area contributed by atoms with Crippen molar-refractivity contribution in [1.29, 1.82) is 0 Å². The molecule has 0 saturated carbocycles. The van der Waals surface area contributed by atoms with Crippen molar-refractivity contribution in [2.75, 3.05) is 0 Å². The molecule has 0 fully saturated rings. The molecule has 0 aliphatic rings. The predicted octanol–water partition coefficient (Wildman–Crippen LogP) is 4.88. The number of carbonyl (C=O) groups excluding carboxylic acids is 2. The standard InChI is InChI=1S/C19H37NO3/c1-19(2,3)23-18(22)16-14-12-10-8-6-4-5-7-9-11-13-15-17(20)21/h4-16H2,1-3H3,(H2,20,21). The molecule has 0 unspecified atom stereocenters. The topological polar surface area (TPSA) is 69.4 Å². The van der Waals surface area contributed by atoms with E-state index in [4.69, 9.17) is 10.5 Å². The van der Waals surface area contributed by atoms with Crippen molar-refractivity contribution in [1.82, 2.24) is 0 Å². The van der Waals surface area contributed by atoms with Crippen LogP contribution in [0.3, 0.4) is 0 Å². The Kier molecular flexibility index (Phi) is 12.8. The van der Waals surface area contributed by atoms with Crippen LogP contribution >= 0.6 is 0 Å². The Balaban J connectivity index is 3.19. The van der Waals surface area contributed by atoms with Crippen molar-refractivity contribution in [2.45, 2.75) is 110 Å². The summed E-state index contributed by atoms with van der Waals surface area (Å²) in [6.45, 7) is 5.72. The first-order valence-electron chi connectivity index (χ1n) is 9.31. The van der Waals surface area contributed by atoms with Crippen LogP contribution in [0.4, 0.5) is 0 Å². The van der Waals surface area contributed by atoms with E-state index >= 15 is 0 Å². The SMILES string of the molecule is CC(C)(C)OC(=O)CCCCCCCCCCCCCC(N)=O. The normalized spacial score (nSPS) is 11.4. The molecule has 0 aromatic carbocycles. The van der Waals surface area contributed by atoms with Gasteiger partial charge in [-0.15, -0.1) is 0 Å². The number of nitrogens with two attached hydrogens (primary N) is 1. The molecular formula is C19H37NO3. The summed E-state index contributed by atoms with van der Waals surface area (Å²) in [6, 6.07) is 0. The maximum absolute atomic E-state index is 11.5. The molecule has 2 N–H and O–H groups in total. The van der Waals surface area contributed by atoms with Gasteiger partial charge < -0.3 is 10.5 Å². The van der Waals surface area contributed by atoms with Crippen molar-refractivity contribution < 1.29 is 14.3 Å². The monoisotopic (exact) mass is 327 g/mol. The van der Waals surface area contributed by atoms with Crippen molar-refractivity contribution in [3.63, 3.8) is 0 Å². The second-order valence-corrected chi connectivity index (χ2v) is 7.44. The number of primary amides is 1. The van der Waals surface area contributed by atoms with Gasteiger partial charge in [-0.3, -0.25) is 9.59 Å². The minimum atomic E-state index is -0.364. The van der Waals surface area contributed by atoms with Gasteiger partial charge in [-0.2, -0.15) is 0 Å². The molecule has 136 valence electrons. The molecule has 0 rings (SSSR count). The van der Waals surface area contributed by atoms with Crippen LogP contribution in [0.1, 0.15) is 104 Å². The highest BCUT2D eigenvalue weighted by Crippen LogP contribution is 2.14. The number of carbonyl (C=O) groups is 2. The van der Waals surface area contributed by atoms with Crippen molar-refractivity contribution in [2.24, 2.45) is 5.73 Å². The molecule has 0 bridgehead atoms. The van der Waals surface area contributed by atoms with E-state index in [1.165, 1.54) is 44.9 Å². The maximum atomic E-state index is 11.5. The van der Waals surface area contributed by atoms with Gasteiger partial charge in [0.15, 0.2) is 0 Å². The van der Waals surface area contributed by atoms with Crippen LogP contribution in [0.2, 0.25) is 0 Å². The maximum Gasteiger partial charge on any atom is 0.306 e. The summed E-state index contributed by atoms with van der Waals surface area (Å²) in [7, 11) is 0. The van der Waals surface area contributed by atoms with Gasteiger partial charge in [0.25, 0.3) is 0 Å². The third-order valence-corrected chi connectivity index (χ3v) is 3.72. The second kappa shape index (κ2) is 13.4. The molecule has 0 spiro atoms. The van der Waals surface area contributed by atoms with Gasteiger partial charge in [0.1, 0.15) is 5.60 Å². The van der Waals surface area contributed by atoms with Crippen LogP contribution in [-0.4, -0.2) is 17.5 Å². The summed E-state index contributed by atoms with van der Waals surface area (Å²) in [5, 5.41) is 0. The number of hydrogen-bond donors (Lipinski definition) is 1. The fourth-order valence-electron chi connectivity index (χ4n) is 2.55. The fourth-order valence-corrected chi connectivity index (χ4v) is 2.55. The number of rotatable bonds is 14. The van der Waals surface area contributed by atoms with Gasteiger partial charge in [0, 0.05) is 12.8 Å². The Morgan fingerprint density at radius 1 is 0.696 bits per heavy atom. The van der Waals surface area contributed by atoms with Crippen molar-refractivity contribution in [3.8, 4) is 0 Å². The van der Waals surface area contributed by atoms with E-state index in [9.17, 15) is 9.59 Å². The van der Waals surface area contributed by atoms with Crippen LogP contribution in [0.5, 0.6) is 0 Å². The first kappa shape index (κ1) is 21.9. The van der Waals surface area contributed by atoms with Crippen LogP contribution in [-0.2, 0) is 14.3 Å². The molecule has 0 radical (unpaired) electrons. The predicted molar refractivity (Wildman–Crippen MR) is 95.1 cm³/mol. The first-order chi connectivity index (χ1) is 10.8. The number of amides is 1. The van der Waals surface area contributed by atoms with E-state index < -0.39 is 0 Å². The van der Waals surface area contributed by atoms with Gasteiger partial charge in [-0.05, 0) is 33.6 Å². The van der Waals surface area contributed by atoms with E-state index in [0.29, 0.717) is 12.8 Å².